The highest BCUT2D eigenvalue weighted by molar-refractivity contribution is 5.91. The topological polar surface area (TPSA) is 95.2 Å². The summed E-state index contributed by atoms with van der Waals surface area (Å²) in [7, 11) is 0. The molecule has 0 bridgehead atoms. The molecule has 2 N–H and O–H groups in total. The molecule has 188 valence electrons. The zero-order valence-electron chi connectivity index (χ0n) is 20.3. The number of rotatable bonds is 7. The van der Waals surface area contributed by atoms with Gasteiger partial charge in [-0.1, -0.05) is 48.5 Å². The van der Waals surface area contributed by atoms with Gasteiger partial charge in [-0.05, 0) is 47.7 Å². The van der Waals surface area contributed by atoms with E-state index in [-0.39, 0.29) is 35.9 Å². The van der Waals surface area contributed by atoms with Crippen LogP contribution in [0.3, 0.4) is 0 Å². The number of fused-ring (bicyclic) bond motifs is 2. The third-order valence-electron chi connectivity index (χ3n) is 6.73. The molecule has 0 fully saturated rings. The van der Waals surface area contributed by atoms with Crippen LogP contribution >= 0.6 is 0 Å². The maximum atomic E-state index is 14.5. The Morgan fingerprint density at radius 2 is 1.73 bits per heavy atom. The van der Waals surface area contributed by atoms with E-state index in [0.717, 1.165) is 17.4 Å². The number of halogens is 1. The average molecular weight is 499 g/mol. The second-order valence-electron chi connectivity index (χ2n) is 9.27. The van der Waals surface area contributed by atoms with Gasteiger partial charge in [-0.25, -0.2) is 9.49 Å². The summed E-state index contributed by atoms with van der Waals surface area (Å²) in [4.78, 5) is 39.0. The number of aromatic amines is 1. The number of nitrogens with one attached hydrogen (secondary N) is 2. The van der Waals surface area contributed by atoms with Crippen LogP contribution in [-0.2, 0) is 29.0 Å². The molecule has 2 amide bonds. The molecule has 2 heterocycles. The Hall–Kier alpha value is -4.33. The largest absolute Gasteiger partial charge is 0.338 e. The summed E-state index contributed by atoms with van der Waals surface area (Å²) in [5, 5.41) is 10.6. The second-order valence-corrected chi connectivity index (χ2v) is 9.27. The van der Waals surface area contributed by atoms with Crippen molar-refractivity contribution in [3.63, 3.8) is 0 Å². The number of amides is 2. The van der Waals surface area contributed by atoms with E-state index in [4.69, 9.17) is 0 Å². The first kappa shape index (κ1) is 24.4. The molecule has 3 aromatic carbocycles. The number of hydrogen-bond acceptors (Lipinski definition) is 4. The predicted octanol–water partition coefficient (Wildman–Crippen LogP) is 4.35. The molecule has 5 rings (SSSR count). The summed E-state index contributed by atoms with van der Waals surface area (Å²) in [6, 6.07) is 19.8. The van der Waals surface area contributed by atoms with Gasteiger partial charge in [0.1, 0.15) is 5.82 Å². The van der Waals surface area contributed by atoms with Crippen LogP contribution < -0.4 is 10.9 Å². The third kappa shape index (κ3) is 5.58. The molecule has 1 aliphatic rings. The molecule has 4 aromatic rings. The van der Waals surface area contributed by atoms with Crippen molar-refractivity contribution in [2.45, 2.75) is 38.6 Å². The normalized spacial score (nSPS) is 12.8. The van der Waals surface area contributed by atoms with Crippen molar-refractivity contribution in [2.24, 2.45) is 0 Å². The quantitative estimate of drug-likeness (QED) is 0.396. The molecule has 0 saturated heterocycles. The molecule has 0 aliphatic carbocycles. The van der Waals surface area contributed by atoms with Crippen LogP contribution in [0.15, 0.2) is 71.5 Å². The molecule has 0 saturated carbocycles. The molecule has 0 spiro atoms. The van der Waals surface area contributed by atoms with Crippen molar-refractivity contribution in [2.75, 3.05) is 11.9 Å². The third-order valence-corrected chi connectivity index (χ3v) is 6.73. The number of carbonyl (C=O) groups excluding carboxylic acids is 2. The Labute approximate surface area is 213 Å². The molecular weight excluding hydrogens is 471 g/mol. The molecular formula is C29H27FN4O3. The zero-order valence-corrected chi connectivity index (χ0v) is 20.3. The molecule has 1 aromatic heterocycles. The van der Waals surface area contributed by atoms with Crippen molar-refractivity contribution in [3.8, 4) is 0 Å². The summed E-state index contributed by atoms with van der Waals surface area (Å²) in [5.74, 6) is -0.865. The lowest BCUT2D eigenvalue weighted by molar-refractivity contribution is -0.132. The van der Waals surface area contributed by atoms with Gasteiger partial charge in [0.15, 0.2) is 0 Å². The molecule has 7 nitrogen and oxygen atoms in total. The maximum absolute atomic E-state index is 14.5. The SMILES string of the molecule is O=C(CCCC(=O)N1CCc2ccccc2C1)Nc1cc(Cc2n[nH]c(=O)c3ccccc23)ccc1F. The van der Waals surface area contributed by atoms with Crippen LogP contribution in [0.25, 0.3) is 10.8 Å². The minimum Gasteiger partial charge on any atom is -0.338 e. The van der Waals surface area contributed by atoms with E-state index in [1.165, 1.54) is 17.2 Å². The van der Waals surface area contributed by atoms with Gasteiger partial charge < -0.3 is 10.2 Å². The number of hydrogen-bond donors (Lipinski definition) is 2. The van der Waals surface area contributed by atoms with Crippen molar-refractivity contribution >= 4 is 28.3 Å². The lowest BCUT2D eigenvalue weighted by Gasteiger charge is -2.29. The fourth-order valence-corrected chi connectivity index (χ4v) is 4.76. The molecule has 0 radical (unpaired) electrons. The van der Waals surface area contributed by atoms with Gasteiger partial charge in [-0.3, -0.25) is 14.4 Å². The fourth-order valence-electron chi connectivity index (χ4n) is 4.76. The monoisotopic (exact) mass is 498 g/mol. The van der Waals surface area contributed by atoms with Crippen LogP contribution in [-0.4, -0.2) is 33.5 Å². The molecule has 8 heteroatoms. The molecule has 1 aliphatic heterocycles. The Bertz CT molecular complexity index is 1530. The van der Waals surface area contributed by atoms with Gasteiger partial charge in [0.25, 0.3) is 5.56 Å². The van der Waals surface area contributed by atoms with Crippen LogP contribution in [0.5, 0.6) is 0 Å². The van der Waals surface area contributed by atoms with Crippen molar-refractivity contribution in [3.05, 3.63) is 105 Å². The minimum atomic E-state index is -0.542. The second kappa shape index (κ2) is 10.7. The minimum absolute atomic E-state index is 0.0242. The van der Waals surface area contributed by atoms with Crippen LogP contribution in [0.4, 0.5) is 10.1 Å². The standard InChI is InChI=1S/C29H27FN4O3/c30-24-13-12-19(16-25-22-8-3-4-9-23(22)29(37)33-32-25)17-26(24)31-27(35)10-5-11-28(36)34-15-14-20-6-1-2-7-21(20)18-34/h1-4,6-9,12-13,17H,5,10-11,14-16,18H2,(H,31,35)(H,33,37). The van der Waals surface area contributed by atoms with Crippen LogP contribution in [0.1, 0.15) is 41.6 Å². The first-order chi connectivity index (χ1) is 18.0. The van der Waals surface area contributed by atoms with E-state index in [2.05, 4.69) is 21.6 Å². The van der Waals surface area contributed by atoms with E-state index in [1.807, 2.05) is 35.2 Å². The Kier molecular flexibility index (Phi) is 7.07. The first-order valence-corrected chi connectivity index (χ1v) is 12.4. The maximum Gasteiger partial charge on any atom is 0.272 e. The summed E-state index contributed by atoms with van der Waals surface area (Å²) >= 11 is 0. The van der Waals surface area contributed by atoms with Gasteiger partial charge in [-0.2, -0.15) is 5.10 Å². The van der Waals surface area contributed by atoms with E-state index >= 15 is 0 Å². The molecule has 37 heavy (non-hydrogen) atoms. The van der Waals surface area contributed by atoms with E-state index in [1.54, 1.807) is 24.3 Å². The molecule has 0 atom stereocenters. The van der Waals surface area contributed by atoms with Gasteiger partial charge in [0.05, 0.1) is 16.8 Å². The number of benzene rings is 3. The van der Waals surface area contributed by atoms with Gasteiger partial charge >= 0.3 is 0 Å². The summed E-state index contributed by atoms with van der Waals surface area (Å²) < 4.78 is 14.5. The fraction of sp³-hybridized carbons (Fsp3) is 0.241. The summed E-state index contributed by atoms with van der Waals surface area (Å²) in [5.41, 5.74) is 3.64. The Morgan fingerprint density at radius 3 is 2.57 bits per heavy atom. The first-order valence-electron chi connectivity index (χ1n) is 12.4. The number of nitrogens with zero attached hydrogens (tertiary/aromatic N) is 2. The van der Waals surface area contributed by atoms with E-state index in [9.17, 15) is 18.8 Å². The number of H-pyrrole nitrogens is 1. The highest BCUT2D eigenvalue weighted by atomic mass is 19.1. The van der Waals surface area contributed by atoms with Crippen LogP contribution in [0.2, 0.25) is 0 Å². The van der Waals surface area contributed by atoms with Crippen molar-refractivity contribution in [1.82, 2.24) is 15.1 Å². The highest BCUT2D eigenvalue weighted by Crippen LogP contribution is 2.22. The van der Waals surface area contributed by atoms with E-state index in [0.29, 0.717) is 37.0 Å². The molecule has 0 unspecified atom stereocenters. The summed E-state index contributed by atoms with van der Waals surface area (Å²) in [6.45, 7) is 1.28. The number of carbonyl (C=O) groups is 2. The van der Waals surface area contributed by atoms with Crippen molar-refractivity contribution < 1.29 is 14.0 Å². The lowest BCUT2D eigenvalue weighted by atomic mass is 9.99. The number of aromatic nitrogens is 2. The lowest BCUT2D eigenvalue weighted by Crippen LogP contribution is -2.35. The van der Waals surface area contributed by atoms with E-state index < -0.39 is 5.82 Å². The Balaban J connectivity index is 1.17. The predicted molar refractivity (Wildman–Crippen MR) is 140 cm³/mol. The van der Waals surface area contributed by atoms with Gasteiger partial charge in [-0.15, -0.1) is 0 Å². The zero-order chi connectivity index (χ0) is 25.8. The number of anilines is 1. The van der Waals surface area contributed by atoms with Gasteiger partial charge in [0.2, 0.25) is 11.8 Å². The van der Waals surface area contributed by atoms with Crippen LogP contribution in [0, 0.1) is 5.82 Å². The summed E-state index contributed by atoms with van der Waals surface area (Å²) in [6.07, 6.45) is 1.96. The smallest absolute Gasteiger partial charge is 0.272 e. The Morgan fingerprint density at radius 1 is 0.973 bits per heavy atom. The highest BCUT2D eigenvalue weighted by Gasteiger charge is 2.20. The average Bonchev–Trinajstić information content (AvgIpc) is 2.92. The van der Waals surface area contributed by atoms with Crippen molar-refractivity contribution in [1.29, 1.82) is 0 Å². The van der Waals surface area contributed by atoms with Gasteiger partial charge in [0, 0.05) is 37.7 Å².